The lowest BCUT2D eigenvalue weighted by molar-refractivity contribution is 0.769. The van der Waals surface area contributed by atoms with Crippen LogP contribution in [0.5, 0.6) is 0 Å². The van der Waals surface area contributed by atoms with E-state index in [0.717, 1.165) is 28.4 Å². The number of fused-ring (bicyclic) bond motifs is 12. The lowest BCUT2D eigenvalue weighted by Gasteiger charge is -2.34. The van der Waals surface area contributed by atoms with Crippen molar-refractivity contribution in [1.29, 1.82) is 0 Å². The van der Waals surface area contributed by atoms with Crippen LogP contribution in [0.4, 0.5) is 17.1 Å². The average Bonchev–Trinajstić information content (AvgIpc) is 1.71. The van der Waals surface area contributed by atoms with Crippen LogP contribution in [0.15, 0.2) is 322 Å². The van der Waals surface area contributed by atoms with Gasteiger partial charge in [0.05, 0.1) is 32.9 Å². The molecule has 0 spiro atoms. The quantitative estimate of drug-likeness (QED) is 0.140. The number of rotatable bonds is 9. The fourth-order valence-corrected chi connectivity index (χ4v) is 14.9. The number of hydrogen-bond acceptors (Lipinski definition) is 1. The summed E-state index contributed by atoms with van der Waals surface area (Å²) in [5.41, 5.74) is 24.6. The van der Waals surface area contributed by atoms with Gasteiger partial charge in [-0.05, 0) is 164 Å². The predicted octanol–water partition coefficient (Wildman–Crippen LogP) is 20.1. The van der Waals surface area contributed by atoms with Gasteiger partial charge in [0.2, 0.25) is 0 Å². The van der Waals surface area contributed by atoms with Crippen LogP contribution in [-0.2, 0) is 10.8 Å². The summed E-state index contributed by atoms with van der Waals surface area (Å²) in [4.78, 5) is 2.37. The first-order chi connectivity index (χ1) is 41.2. The van der Waals surface area contributed by atoms with Crippen LogP contribution >= 0.6 is 0 Å². The lowest BCUT2D eigenvalue weighted by atomic mass is 9.67. The number of anilines is 3. The highest BCUT2D eigenvalue weighted by atomic mass is 15.1. The molecule has 3 nitrogen and oxygen atoms in total. The van der Waals surface area contributed by atoms with Gasteiger partial charge in [0.25, 0.3) is 0 Å². The zero-order chi connectivity index (χ0) is 54.6. The number of hydrogen-bond donors (Lipinski definition) is 0. The number of para-hydroxylation sites is 3. The second kappa shape index (κ2) is 18.4. The molecule has 0 N–H and O–H groups in total. The van der Waals surface area contributed by atoms with Crippen molar-refractivity contribution in [2.24, 2.45) is 0 Å². The summed E-state index contributed by atoms with van der Waals surface area (Å²) in [5, 5.41) is 4.94. The molecule has 0 saturated carbocycles. The molecule has 13 aromatic carbocycles. The summed E-state index contributed by atoms with van der Waals surface area (Å²) in [6.07, 6.45) is 0. The molecule has 0 bridgehead atoms. The van der Waals surface area contributed by atoms with E-state index < -0.39 is 10.8 Å². The van der Waals surface area contributed by atoms with Crippen molar-refractivity contribution in [3.05, 3.63) is 366 Å². The average molecular weight is 1060 g/mol. The van der Waals surface area contributed by atoms with Crippen molar-refractivity contribution in [1.82, 2.24) is 9.13 Å². The molecule has 15 aromatic rings. The van der Waals surface area contributed by atoms with Crippen molar-refractivity contribution in [2.75, 3.05) is 4.90 Å². The first-order valence-electron chi connectivity index (χ1n) is 28.8. The Bertz CT molecular complexity index is 4600. The lowest BCUT2D eigenvalue weighted by Crippen LogP contribution is -2.28. The number of nitrogens with zero attached hydrogens (tertiary/aromatic N) is 3. The van der Waals surface area contributed by atoms with Gasteiger partial charge in [-0.3, -0.25) is 0 Å². The van der Waals surface area contributed by atoms with E-state index in [1.54, 1.807) is 0 Å². The van der Waals surface area contributed by atoms with Crippen molar-refractivity contribution >= 4 is 60.7 Å². The van der Waals surface area contributed by atoms with Crippen molar-refractivity contribution < 1.29 is 0 Å². The van der Waals surface area contributed by atoms with Crippen LogP contribution in [0.3, 0.4) is 0 Å². The first-order valence-corrected chi connectivity index (χ1v) is 28.8. The highest BCUT2D eigenvalue weighted by molar-refractivity contribution is 6.13. The molecule has 0 atom stereocenters. The molecule has 2 heterocycles. The third kappa shape index (κ3) is 6.74. The van der Waals surface area contributed by atoms with E-state index in [-0.39, 0.29) is 0 Å². The van der Waals surface area contributed by atoms with E-state index >= 15 is 0 Å². The molecule has 0 fully saturated rings. The monoisotopic (exact) mass is 1060 g/mol. The minimum Gasteiger partial charge on any atom is -0.311 e. The predicted molar refractivity (Wildman–Crippen MR) is 344 cm³/mol. The van der Waals surface area contributed by atoms with Crippen LogP contribution < -0.4 is 4.90 Å². The molecule has 0 aliphatic heterocycles. The van der Waals surface area contributed by atoms with Gasteiger partial charge < -0.3 is 14.0 Å². The van der Waals surface area contributed by atoms with Crippen molar-refractivity contribution in [2.45, 2.75) is 10.8 Å². The molecule has 388 valence electrons. The molecule has 2 aromatic heterocycles. The molecular weight excluding hydrogens is 1000 g/mol. The molecule has 3 heteroatoms. The smallest absolute Gasteiger partial charge is 0.0713 e. The van der Waals surface area contributed by atoms with Crippen molar-refractivity contribution in [3.8, 4) is 33.6 Å². The Hall–Kier alpha value is -10.7. The fourth-order valence-electron chi connectivity index (χ4n) is 14.9. The standard InChI is InChI=1S/C80H53N3/c1-6-24-54(25-7-1)79(55-26-8-2-9-27-55)71-38-20-16-34-63(71)67-52-77-69(50-73(67)79)65-36-18-22-40-75(65)82(77)61-46-42-59(43-47-61)81(58-32-14-5-15-33-58)60-44-48-62(49-45-60)83-76-41-23-19-37-66(76)70-51-74-68(53-78(70)83)64-35-17-21-39-72(64)80(74,56-28-10-3-11-29-56)57-30-12-4-13-31-57/h1-53H. The van der Waals surface area contributed by atoms with E-state index in [9.17, 15) is 0 Å². The second-order valence-electron chi connectivity index (χ2n) is 22.3. The van der Waals surface area contributed by atoms with Gasteiger partial charge in [0.15, 0.2) is 0 Å². The Morgan fingerprint density at radius 1 is 0.217 bits per heavy atom. The van der Waals surface area contributed by atoms with E-state index in [0.29, 0.717) is 0 Å². The highest BCUT2D eigenvalue weighted by Crippen LogP contribution is 2.59. The molecular formula is C80H53N3. The Morgan fingerprint density at radius 3 is 0.916 bits per heavy atom. The number of benzene rings is 13. The molecule has 0 saturated heterocycles. The van der Waals surface area contributed by atoms with E-state index in [4.69, 9.17) is 0 Å². The van der Waals surface area contributed by atoms with E-state index in [1.165, 1.54) is 110 Å². The maximum atomic E-state index is 2.51. The van der Waals surface area contributed by atoms with Crippen LogP contribution in [0.1, 0.15) is 44.5 Å². The van der Waals surface area contributed by atoms with Gasteiger partial charge in [-0.25, -0.2) is 0 Å². The van der Waals surface area contributed by atoms with E-state index in [1.807, 2.05) is 0 Å². The Morgan fingerprint density at radius 2 is 0.530 bits per heavy atom. The molecule has 83 heavy (non-hydrogen) atoms. The molecule has 0 amide bonds. The van der Waals surface area contributed by atoms with Crippen LogP contribution in [0, 0.1) is 0 Å². The summed E-state index contributed by atoms with van der Waals surface area (Å²) >= 11 is 0. The molecule has 17 rings (SSSR count). The zero-order valence-electron chi connectivity index (χ0n) is 45.4. The van der Waals surface area contributed by atoms with Crippen molar-refractivity contribution in [3.63, 3.8) is 0 Å². The molecule has 2 aliphatic rings. The summed E-state index contributed by atoms with van der Waals surface area (Å²) in [6.45, 7) is 0. The van der Waals surface area contributed by atoms with Gasteiger partial charge >= 0.3 is 0 Å². The van der Waals surface area contributed by atoms with Gasteiger partial charge in [-0.2, -0.15) is 0 Å². The Kier molecular flexibility index (Phi) is 10.4. The van der Waals surface area contributed by atoms with Crippen LogP contribution in [-0.4, -0.2) is 9.13 Å². The third-order valence-electron chi connectivity index (χ3n) is 18.2. The largest absolute Gasteiger partial charge is 0.311 e. The summed E-state index contributed by atoms with van der Waals surface area (Å²) in [6, 6.07) is 119. The minimum atomic E-state index is -0.484. The number of aromatic nitrogens is 2. The van der Waals surface area contributed by atoms with Crippen LogP contribution in [0.2, 0.25) is 0 Å². The Balaban J connectivity index is 0.792. The highest BCUT2D eigenvalue weighted by Gasteiger charge is 2.48. The maximum Gasteiger partial charge on any atom is 0.0713 e. The fraction of sp³-hybridized carbons (Fsp3) is 0.0250. The first kappa shape index (κ1) is 47.1. The Labute approximate surface area is 482 Å². The zero-order valence-corrected chi connectivity index (χ0v) is 45.4. The second-order valence-corrected chi connectivity index (χ2v) is 22.3. The topological polar surface area (TPSA) is 13.1 Å². The third-order valence-corrected chi connectivity index (χ3v) is 18.2. The summed E-state index contributed by atoms with van der Waals surface area (Å²) in [5.74, 6) is 0. The normalized spacial score (nSPS) is 13.5. The van der Waals surface area contributed by atoms with Crippen LogP contribution in [0.25, 0.3) is 77.2 Å². The van der Waals surface area contributed by atoms with Gasteiger partial charge in [-0.15, -0.1) is 0 Å². The van der Waals surface area contributed by atoms with Gasteiger partial charge in [0.1, 0.15) is 0 Å². The van der Waals surface area contributed by atoms with Gasteiger partial charge in [0, 0.05) is 50.0 Å². The summed E-state index contributed by atoms with van der Waals surface area (Å²) < 4.78 is 4.93. The molecule has 2 aliphatic carbocycles. The van der Waals surface area contributed by atoms with E-state index in [2.05, 4.69) is 336 Å². The summed E-state index contributed by atoms with van der Waals surface area (Å²) in [7, 11) is 0. The van der Waals surface area contributed by atoms with Gasteiger partial charge in [-0.1, -0.05) is 224 Å². The minimum absolute atomic E-state index is 0.484. The molecule has 0 unspecified atom stereocenters. The maximum absolute atomic E-state index is 2.51. The molecule has 0 radical (unpaired) electrons. The SMILES string of the molecule is c1ccc(N(c2ccc(-n3c4ccccc4c4cc5c(cc43)-c3ccccc3C5(c3ccccc3)c3ccccc3)cc2)c2ccc(-n3c4ccccc4c4cc5c(cc43)-c3ccccc3C5(c3ccccc3)c3ccccc3)cc2)cc1.